The van der Waals surface area contributed by atoms with Gasteiger partial charge in [-0.2, -0.15) is 0 Å². The Hall–Kier alpha value is -1.77. The van der Waals surface area contributed by atoms with Crippen molar-refractivity contribution in [1.29, 1.82) is 0 Å². The molecule has 0 aliphatic carbocycles. The van der Waals surface area contributed by atoms with E-state index in [2.05, 4.69) is 31.0 Å². The van der Waals surface area contributed by atoms with Crippen LogP contribution >= 0.6 is 15.9 Å². The topological polar surface area (TPSA) is 88.2 Å². The number of benzene rings is 1. The van der Waals surface area contributed by atoms with Gasteiger partial charge in [-0.25, -0.2) is 18.1 Å². The van der Waals surface area contributed by atoms with Gasteiger partial charge in [0.1, 0.15) is 5.69 Å². The number of halogens is 1. The Morgan fingerprint density at radius 1 is 1.19 bits per heavy atom. The fourth-order valence-electron chi connectivity index (χ4n) is 1.58. The van der Waals surface area contributed by atoms with Crippen LogP contribution in [0.3, 0.4) is 0 Å². The van der Waals surface area contributed by atoms with Gasteiger partial charge in [-0.3, -0.25) is 4.79 Å². The summed E-state index contributed by atoms with van der Waals surface area (Å²) in [5.41, 5.74) is 0.733. The van der Waals surface area contributed by atoms with Crippen molar-refractivity contribution in [2.45, 2.75) is 4.90 Å². The molecule has 0 bridgehead atoms. The number of nitrogens with one attached hydrogen (secondary N) is 2. The van der Waals surface area contributed by atoms with E-state index in [0.29, 0.717) is 10.2 Å². The highest BCUT2D eigenvalue weighted by Crippen LogP contribution is 2.17. The van der Waals surface area contributed by atoms with Crippen molar-refractivity contribution in [3.8, 4) is 0 Å². The van der Waals surface area contributed by atoms with Crippen LogP contribution in [0.15, 0.2) is 52.0 Å². The van der Waals surface area contributed by atoms with Gasteiger partial charge in [0.05, 0.1) is 4.90 Å². The zero-order valence-corrected chi connectivity index (χ0v) is 13.4. The van der Waals surface area contributed by atoms with Crippen LogP contribution in [0.4, 0.5) is 5.69 Å². The van der Waals surface area contributed by atoms with Crippen molar-refractivity contribution in [3.63, 3.8) is 0 Å². The standard InChI is InChI=1S/C13H12BrN3O3S/c1-15-21(19,20)10-6-4-9(5-7-10)17-13(18)12-11(14)3-2-8-16-12/h2-8,15H,1H3,(H,17,18). The molecule has 0 fully saturated rings. The molecule has 2 aromatic rings. The number of carbonyl (C=O) groups is 1. The van der Waals surface area contributed by atoms with Crippen LogP contribution in [0.1, 0.15) is 10.5 Å². The van der Waals surface area contributed by atoms with E-state index in [1.54, 1.807) is 12.1 Å². The second-order valence-electron chi connectivity index (χ2n) is 4.02. The van der Waals surface area contributed by atoms with Gasteiger partial charge in [0.15, 0.2) is 0 Å². The Bertz CT molecular complexity index is 760. The summed E-state index contributed by atoms with van der Waals surface area (Å²) >= 11 is 3.25. The van der Waals surface area contributed by atoms with Gasteiger partial charge in [-0.1, -0.05) is 0 Å². The number of pyridine rings is 1. The summed E-state index contributed by atoms with van der Waals surface area (Å²) < 4.78 is 26.0. The predicted molar refractivity (Wildman–Crippen MR) is 82.6 cm³/mol. The van der Waals surface area contributed by atoms with E-state index in [9.17, 15) is 13.2 Å². The van der Waals surface area contributed by atoms with Gasteiger partial charge < -0.3 is 5.32 Å². The highest BCUT2D eigenvalue weighted by atomic mass is 79.9. The van der Waals surface area contributed by atoms with E-state index in [-0.39, 0.29) is 16.5 Å². The highest BCUT2D eigenvalue weighted by molar-refractivity contribution is 9.10. The number of rotatable bonds is 4. The molecule has 1 aromatic carbocycles. The molecule has 0 spiro atoms. The minimum absolute atomic E-state index is 0.127. The van der Waals surface area contributed by atoms with Gasteiger partial charge in [-0.15, -0.1) is 0 Å². The van der Waals surface area contributed by atoms with Crippen molar-refractivity contribution in [1.82, 2.24) is 9.71 Å². The summed E-state index contributed by atoms with van der Waals surface area (Å²) in [5.74, 6) is -0.383. The second kappa shape index (κ2) is 6.33. The van der Waals surface area contributed by atoms with E-state index in [1.807, 2.05) is 0 Å². The molecule has 1 amide bonds. The molecular weight excluding hydrogens is 358 g/mol. The second-order valence-corrected chi connectivity index (χ2v) is 6.76. The zero-order chi connectivity index (χ0) is 15.5. The van der Waals surface area contributed by atoms with Crippen molar-refractivity contribution in [2.75, 3.05) is 12.4 Å². The molecule has 2 rings (SSSR count). The Labute approximate surface area is 130 Å². The average molecular weight is 370 g/mol. The summed E-state index contributed by atoms with van der Waals surface area (Å²) in [6.45, 7) is 0. The smallest absolute Gasteiger partial charge is 0.275 e. The number of anilines is 1. The third-order valence-electron chi connectivity index (χ3n) is 2.66. The zero-order valence-electron chi connectivity index (χ0n) is 11.0. The van der Waals surface area contributed by atoms with Crippen LogP contribution in [-0.2, 0) is 10.0 Å². The van der Waals surface area contributed by atoms with Crippen molar-refractivity contribution < 1.29 is 13.2 Å². The molecule has 110 valence electrons. The number of hydrogen-bond acceptors (Lipinski definition) is 4. The van der Waals surface area contributed by atoms with E-state index in [4.69, 9.17) is 0 Å². The largest absolute Gasteiger partial charge is 0.321 e. The summed E-state index contributed by atoms with van der Waals surface area (Å²) in [4.78, 5) is 16.1. The quantitative estimate of drug-likeness (QED) is 0.862. The number of carbonyl (C=O) groups excluding carboxylic acids is 1. The van der Waals surface area contributed by atoms with Crippen LogP contribution in [-0.4, -0.2) is 26.4 Å². The number of nitrogens with zero attached hydrogens (tertiary/aromatic N) is 1. The summed E-state index contributed by atoms with van der Waals surface area (Å²) in [7, 11) is -2.15. The molecule has 0 saturated heterocycles. The Balaban J connectivity index is 2.18. The monoisotopic (exact) mass is 369 g/mol. The highest BCUT2D eigenvalue weighted by Gasteiger charge is 2.13. The van der Waals surface area contributed by atoms with Crippen molar-refractivity contribution >= 4 is 37.5 Å². The van der Waals surface area contributed by atoms with Crippen molar-refractivity contribution in [3.05, 3.63) is 52.8 Å². The van der Waals surface area contributed by atoms with Gasteiger partial charge >= 0.3 is 0 Å². The lowest BCUT2D eigenvalue weighted by Gasteiger charge is -2.07. The third-order valence-corrected chi connectivity index (χ3v) is 4.73. The average Bonchev–Trinajstić information content (AvgIpc) is 2.48. The maximum absolute atomic E-state index is 12.0. The molecule has 0 saturated carbocycles. The molecule has 21 heavy (non-hydrogen) atoms. The Morgan fingerprint density at radius 2 is 1.86 bits per heavy atom. The summed E-state index contributed by atoms with van der Waals surface area (Å²) in [5, 5.41) is 2.65. The molecule has 0 unspecified atom stereocenters. The van der Waals surface area contributed by atoms with E-state index in [1.165, 1.54) is 37.5 Å². The Morgan fingerprint density at radius 3 is 2.43 bits per heavy atom. The molecule has 1 heterocycles. The van der Waals surface area contributed by atoms with Gasteiger partial charge in [-0.05, 0) is 59.4 Å². The predicted octanol–water partition coefficient (Wildman–Crippen LogP) is 2.00. The SMILES string of the molecule is CNS(=O)(=O)c1ccc(NC(=O)c2ncccc2Br)cc1. The Kier molecular flexibility index (Phi) is 4.71. The summed E-state index contributed by atoms with van der Waals surface area (Å²) in [6, 6.07) is 9.27. The molecule has 0 aliphatic rings. The summed E-state index contributed by atoms with van der Waals surface area (Å²) in [6.07, 6.45) is 1.52. The normalized spacial score (nSPS) is 11.1. The number of aromatic nitrogens is 1. The third kappa shape index (κ3) is 3.66. The number of hydrogen-bond donors (Lipinski definition) is 2. The maximum Gasteiger partial charge on any atom is 0.275 e. The molecule has 0 atom stereocenters. The lowest BCUT2D eigenvalue weighted by molar-refractivity contribution is 0.102. The first-order chi connectivity index (χ1) is 9.94. The van der Waals surface area contributed by atoms with E-state index < -0.39 is 10.0 Å². The van der Waals surface area contributed by atoms with Crippen LogP contribution < -0.4 is 10.0 Å². The van der Waals surface area contributed by atoms with Crippen LogP contribution in [0, 0.1) is 0 Å². The first kappa shape index (κ1) is 15.6. The van der Waals surface area contributed by atoms with Gasteiger partial charge in [0, 0.05) is 16.4 Å². The molecule has 0 radical (unpaired) electrons. The first-order valence-corrected chi connectivity index (χ1v) is 8.17. The minimum Gasteiger partial charge on any atom is -0.321 e. The lowest BCUT2D eigenvalue weighted by atomic mass is 10.3. The molecule has 8 heteroatoms. The minimum atomic E-state index is -3.48. The van der Waals surface area contributed by atoms with Crippen LogP contribution in [0.5, 0.6) is 0 Å². The number of amides is 1. The fraction of sp³-hybridized carbons (Fsp3) is 0.0769. The van der Waals surface area contributed by atoms with Crippen LogP contribution in [0.2, 0.25) is 0 Å². The van der Waals surface area contributed by atoms with Crippen LogP contribution in [0.25, 0.3) is 0 Å². The van der Waals surface area contributed by atoms with E-state index >= 15 is 0 Å². The van der Waals surface area contributed by atoms with Gasteiger partial charge in [0.2, 0.25) is 10.0 Å². The molecule has 1 aromatic heterocycles. The molecule has 6 nitrogen and oxygen atoms in total. The van der Waals surface area contributed by atoms with Crippen molar-refractivity contribution in [2.24, 2.45) is 0 Å². The fourth-order valence-corrected chi connectivity index (χ4v) is 2.74. The molecule has 0 aliphatic heterocycles. The number of sulfonamides is 1. The molecular formula is C13H12BrN3O3S. The van der Waals surface area contributed by atoms with Gasteiger partial charge in [0.25, 0.3) is 5.91 Å². The van der Waals surface area contributed by atoms with E-state index in [0.717, 1.165) is 0 Å². The lowest BCUT2D eigenvalue weighted by Crippen LogP contribution is -2.18. The molecule has 2 N–H and O–H groups in total. The maximum atomic E-state index is 12.0. The first-order valence-electron chi connectivity index (χ1n) is 5.89.